The number of aryl methyl sites for hydroxylation is 2. The molecule has 1 aromatic carbocycles. The van der Waals surface area contributed by atoms with E-state index in [0.29, 0.717) is 29.5 Å². The molecule has 0 aliphatic rings. The van der Waals surface area contributed by atoms with Crippen LogP contribution in [0.2, 0.25) is 0 Å². The Morgan fingerprint density at radius 2 is 1.85 bits per heavy atom. The van der Waals surface area contributed by atoms with Crippen LogP contribution < -0.4 is 11.1 Å². The maximum atomic E-state index is 5.71. The number of nitrogens with zero attached hydrogens (tertiary/aromatic N) is 6. The molecule has 3 N–H and O–H groups in total. The van der Waals surface area contributed by atoms with Crippen molar-refractivity contribution in [3.05, 3.63) is 48.3 Å². The van der Waals surface area contributed by atoms with Crippen LogP contribution in [0.15, 0.2) is 42.7 Å². The summed E-state index contributed by atoms with van der Waals surface area (Å²) < 4.78 is 1.99. The van der Waals surface area contributed by atoms with E-state index in [-0.39, 0.29) is 5.95 Å². The molecule has 4 aromatic rings. The van der Waals surface area contributed by atoms with Crippen molar-refractivity contribution in [3.63, 3.8) is 0 Å². The van der Waals surface area contributed by atoms with E-state index in [4.69, 9.17) is 5.73 Å². The highest BCUT2D eigenvalue weighted by atomic mass is 15.2. The molecule has 0 atom stereocenters. The van der Waals surface area contributed by atoms with E-state index >= 15 is 0 Å². The first-order chi connectivity index (χ1) is 12.6. The Hall–Kier alpha value is -3.55. The lowest BCUT2D eigenvalue weighted by Crippen LogP contribution is -2.03. The fourth-order valence-electron chi connectivity index (χ4n) is 2.74. The lowest BCUT2D eigenvalue weighted by molar-refractivity contribution is 0.783. The van der Waals surface area contributed by atoms with Gasteiger partial charge >= 0.3 is 0 Å². The number of hydrogen-bond donors (Lipinski definition) is 2. The molecule has 4 rings (SSSR count). The molecule has 0 radical (unpaired) electrons. The van der Waals surface area contributed by atoms with E-state index in [9.17, 15) is 0 Å². The third-order valence-corrected chi connectivity index (χ3v) is 4.01. The number of nitrogens with two attached hydrogens (primary N) is 1. The van der Waals surface area contributed by atoms with Crippen molar-refractivity contribution in [1.82, 2.24) is 29.5 Å². The number of nitrogens with one attached hydrogen (secondary N) is 1. The molecule has 8 heteroatoms. The summed E-state index contributed by atoms with van der Waals surface area (Å²) in [5.74, 6) is 1.42. The maximum Gasteiger partial charge on any atom is 0.229 e. The minimum absolute atomic E-state index is 0.213. The molecule has 0 fully saturated rings. The minimum atomic E-state index is 0.213. The highest BCUT2D eigenvalue weighted by molar-refractivity contribution is 5.77. The molecular formula is C18H18N8. The number of rotatable bonds is 4. The predicted octanol–water partition coefficient (Wildman–Crippen LogP) is 2.94. The van der Waals surface area contributed by atoms with Gasteiger partial charge in [0, 0.05) is 18.4 Å². The van der Waals surface area contributed by atoms with Crippen LogP contribution in [0.5, 0.6) is 0 Å². The summed E-state index contributed by atoms with van der Waals surface area (Å²) >= 11 is 0. The van der Waals surface area contributed by atoms with Crippen LogP contribution in [-0.2, 0) is 6.54 Å². The van der Waals surface area contributed by atoms with E-state index < -0.39 is 0 Å². The molecule has 0 unspecified atom stereocenters. The van der Waals surface area contributed by atoms with Crippen molar-refractivity contribution in [1.29, 1.82) is 0 Å². The molecule has 0 aliphatic carbocycles. The van der Waals surface area contributed by atoms with Crippen LogP contribution in [-0.4, -0.2) is 29.5 Å². The maximum absolute atomic E-state index is 5.71. The van der Waals surface area contributed by atoms with E-state index in [1.165, 1.54) is 5.56 Å². The molecule has 3 heterocycles. The average Bonchev–Trinajstić information content (AvgIpc) is 3.01. The Kier molecular flexibility index (Phi) is 3.92. The average molecular weight is 346 g/mol. The van der Waals surface area contributed by atoms with Gasteiger partial charge in [0.2, 0.25) is 11.9 Å². The van der Waals surface area contributed by atoms with Gasteiger partial charge in [-0.25, -0.2) is 19.9 Å². The normalized spacial score (nSPS) is 11.0. The number of fused-ring (bicyclic) bond motifs is 1. The first-order valence-electron chi connectivity index (χ1n) is 8.30. The van der Waals surface area contributed by atoms with Gasteiger partial charge in [0.1, 0.15) is 11.2 Å². The lowest BCUT2D eigenvalue weighted by Gasteiger charge is -2.07. The first-order valence-corrected chi connectivity index (χ1v) is 8.30. The largest absolute Gasteiger partial charge is 0.368 e. The van der Waals surface area contributed by atoms with Gasteiger partial charge in [-0.15, -0.1) is 0 Å². The molecule has 26 heavy (non-hydrogen) atoms. The Morgan fingerprint density at radius 3 is 2.58 bits per heavy atom. The van der Waals surface area contributed by atoms with E-state index in [0.717, 1.165) is 11.3 Å². The predicted molar refractivity (Wildman–Crippen MR) is 101 cm³/mol. The number of imidazole rings is 1. The van der Waals surface area contributed by atoms with Gasteiger partial charge in [0.05, 0.1) is 6.20 Å². The number of anilines is 3. The zero-order chi connectivity index (χ0) is 18.1. The molecule has 0 bridgehead atoms. The van der Waals surface area contributed by atoms with Gasteiger partial charge < -0.3 is 15.6 Å². The van der Waals surface area contributed by atoms with Crippen LogP contribution in [0.1, 0.15) is 12.5 Å². The molecule has 0 amide bonds. The van der Waals surface area contributed by atoms with E-state index in [1.54, 1.807) is 18.5 Å². The smallest absolute Gasteiger partial charge is 0.229 e. The molecule has 3 aromatic heterocycles. The van der Waals surface area contributed by atoms with Crippen molar-refractivity contribution >= 4 is 28.7 Å². The third-order valence-electron chi connectivity index (χ3n) is 4.01. The fraction of sp³-hybridized carbons (Fsp3) is 0.167. The molecule has 0 spiro atoms. The molecule has 0 aliphatic heterocycles. The number of aromatic nitrogens is 6. The Balaban J connectivity index is 1.77. The van der Waals surface area contributed by atoms with Gasteiger partial charge in [-0.2, -0.15) is 4.98 Å². The minimum Gasteiger partial charge on any atom is -0.368 e. The van der Waals surface area contributed by atoms with Gasteiger partial charge in [-0.05, 0) is 32.0 Å². The topological polar surface area (TPSA) is 107 Å². The molecule has 8 nitrogen and oxygen atoms in total. The highest BCUT2D eigenvalue weighted by Crippen LogP contribution is 2.23. The summed E-state index contributed by atoms with van der Waals surface area (Å²) in [6, 6.07) is 9.84. The van der Waals surface area contributed by atoms with E-state index in [1.807, 2.05) is 42.7 Å². The number of benzene rings is 1. The second-order valence-corrected chi connectivity index (χ2v) is 5.87. The molecule has 0 saturated heterocycles. The zero-order valence-corrected chi connectivity index (χ0v) is 14.5. The first kappa shape index (κ1) is 15.9. The second-order valence-electron chi connectivity index (χ2n) is 5.87. The molecule has 0 saturated carbocycles. The van der Waals surface area contributed by atoms with Crippen LogP contribution in [0.4, 0.5) is 17.6 Å². The Bertz CT molecular complexity index is 1070. The van der Waals surface area contributed by atoms with Crippen molar-refractivity contribution < 1.29 is 0 Å². The summed E-state index contributed by atoms with van der Waals surface area (Å²) in [4.78, 5) is 21.8. The zero-order valence-electron chi connectivity index (χ0n) is 14.5. The van der Waals surface area contributed by atoms with Crippen molar-refractivity contribution in [2.45, 2.75) is 20.4 Å². The monoisotopic (exact) mass is 346 g/mol. The fourth-order valence-corrected chi connectivity index (χ4v) is 2.74. The van der Waals surface area contributed by atoms with Gasteiger partial charge in [0.25, 0.3) is 0 Å². The SMILES string of the molecule is CCn1c(-c2ccnc(N)n2)nc2cnc(Nc3ccc(C)cc3)nc21. The van der Waals surface area contributed by atoms with Crippen LogP contribution in [0.25, 0.3) is 22.7 Å². The standard InChI is InChI=1S/C18H18N8/c1-3-26-15(13-8-9-20-17(19)24-13)23-14-10-21-18(25-16(14)26)22-12-6-4-11(2)5-7-12/h4-10H,3H2,1-2H3,(H2,19,20,24)(H,21,22,25). The van der Waals surface area contributed by atoms with Crippen LogP contribution >= 0.6 is 0 Å². The lowest BCUT2D eigenvalue weighted by atomic mass is 10.2. The van der Waals surface area contributed by atoms with Gasteiger partial charge in [-0.1, -0.05) is 17.7 Å². The van der Waals surface area contributed by atoms with Gasteiger partial charge in [-0.3, -0.25) is 0 Å². The molecular weight excluding hydrogens is 328 g/mol. The second kappa shape index (κ2) is 6.40. The Morgan fingerprint density at radius 1 is 1.04 bits per heavy atom. The summed E-state index contributed by atoms with van der Waals surface area (Å²) in [6.45, 7) is 4.77. The highest BCUT2D eigenvalue weighted by Gasteiger charge is 2.15. The van der Waals surface area contributed by atoms with Crippen molar-refractivity contribution in [3.8, 4) is 11.5 Å². The Labute approximate surface area is 150 Å². The summed E-state index contributed by atoms with van der Waals surface area (Å²) in [5, 5.41) is 3.22. The quantitative estimate of drug-likeness (QED) is 0.585. The van der Waals surface area contributed by atoms with Crippen molar-refractivity contribution in [2.24, 2.45) is 0 Å². The van der Waals surface area contributed by atoms with Crippen LogP contribution in [0.3, 0.4) is 0 Å². The summed E-state index contributed by atoms with van der Waals surface area (Å²) in [7, 11) is 0. The third kappa shape index (κ3) is 2.92. The van der Waals surface area contributed by atoms with Gasteiger partial charge in [0.15, 0.2) is 11.5 Å². The number of hydrogen-bond acceptors (Lipinski definition) is 7. The summed E-state index contributed by atoms with van der Waals surface area (Å²) in [6.07, 6.45) is 3.33. The molecule has 130 valence electrons. The van der Waals surface area contributed by atoms with Crippen LogP contribution in [0, 0.1) is 6.92 Å². The summed E-state index contributed by atoms with van der Waals surface area (Å²) in [5.41, 5.74) is 9.94. The van der Waals surface area contributed by atoms with Crippen molar-refractivity contribution in [2.75, 3.05) is 11.1 Å². The van der Waals surface area contributed by atoms with E-state index in [2.05, 4.69) is 30.2 Å². The number of nitrogen functional groups attached to an aromatic ring is 1.